The molecule has 1 unspecified atom stereocenters. The first-order valence-corrected chi connectivity index (χ1v) is 14.1. The van der Waals surface area contributed by atoms with Gasteiger partial charge in [-0.1, -0.05) is 58.6 Å². The van der Waals surface area contributed by atoms with Gasteiger partial charge in [0.1, 0.15) is 5.66 Å². The van der Waals surface area contributed by atoms with Crippen LogP contribution in [0.25, 0.3) is 0 Å². The molecule has 1 N–H and O–H groups in total. The normalized spacial score (nSPS) is 12.4. The average molecular weight is 516 g/mol. The molecule has 5 heteroatoms. The van der Waals surface area contributed by atoms with Crippen molar-refractivity contribution >= 4 is 30.5 Å². The molecule has 163 valence electrons. The van der Waals surface area contributed by atoms with Crippen LogP contribution < -0.4 is 5.32 Å². The monoisotopic (exact) mass is 515 g/mol. The van der Waals surface area contributed by atoms with Gasteiger partial charge >= 0.3 is 0 Å². The maximum absolute atomic E-state index is 13.6. The van der Waals surface area contributed by atoms with E-state index in [1.54, 1.807) is 0 Å². The molecule has 0 aliphatic heterocycles. The van der Waals surface area contributed by atoms with Gasteiger partial charge in [0.2, 0.25) is 0 Å². The van der Waals surface area contributed by atoms with Crippen LogP contribution in [-0.2, 0) is 37.5 Å². The van der Waals surface area contributed by atoms with Gasteiger partial charge in [-0.15, -0.1) is 0 Å². The van der Waals surface area contributed by atoms with Crippen LogP contribution in [0.1, 0.15) is 83.8 Å². The van der Waals surface area contributed by atoms with Crippen molar-refractivity contribution in [2.75, 3.05) is 23.8 Å². The summed E-state index contributed by atoms with van der Waals surface area (Å²) >= 11 is 6.19. The Balaban J connectivity index is 0.00000784. The Morgan fingerprint density at radius 3 is 1.69 bits per heavy atom. The summed E-state index contributed by atoms with van der Waals surface area (Å²) in [6.45, 7) is 13.1. The second kappa shape index (κ2) is 15.3. The number of halogens is 1. The molecule has 0 heterocycles. The Labute approximate surface area is 210 Å². The van der Waals surface area contributed by atoms with Crippen molar-refractivity contribution in [1.82, 2.24) is 0 Å². The van der Waals surface area contributed by atoms with E-state index in [0.717, 1.165) is 28.3 Å². The van der Waals surface area contributed by atoms with Crippen LogP contribution in [0.3, 0.4) is 0 Å². The zero-order valence-electron chi connectivity index (χ0n) is 19.6. The van der Waals surface area contributed by atoms with E-state index in [1.807, 2.05) is 26.0 Å². The van der Waals surface area contributed by atoms with Gasteiger partial charge in [-0.25, -0.2) is 0 Å². The second-order valence-corrected chi connectivity index (χ2v) is 13.1. The molecule has 0 saturated carbocycles. The first-order chi connectivity index (χ1) is 13.3. The summed E-state index contributed by atoms with van der Waals surface area (Å²) in [6, 6.07) is 3.89. The van der Waals surface area contributed by atoms with E-state index in [1.165, 1.54) is 57.0 Å². The molecule has 0 aliphatic carbocycles. The first-order valence-electron chi connectivity index (χ1n) is 11.3. The summed E-state index contributed by atoms with van der Waals surface area (Å²) < 4.78 is 0. The fourth-order valence-corrected chi connectivity index (χ4v) is 10.5. The number of amides is 1. The summed E-state index contributed by atoms with van der Waals surface area (Å²) in [6.07, 6.45) is 12.2. The minimum Gasteiger partial charge on any atom is -0.322 e. The van der Waals surface area contributed by atoms with Gasteiger partial charge in [0.15, 0.2) is 0 Å². The number of carbonyl (C=O) groups is 1. The van der Waals surface area contributed by atoms with Crippen molar-refractivity contribution in [1.29, 1.82) is 0 Å². The maximum atomic E-state index is 13.6. The second-order valence-electron chi connectivity index (χ2n) is 8.28. The van der Waals surface area contributed by atoms with Gasteiger partial charge in [0.05, 0.1) is 18.5 Å². The van der Waals surface area contributed by atoms with Crippen LogP contribution in [0.4, 0.5) is 5.69 Å². The quantitative estimate of drug-likeness (QED) is 0.264. The average Bonchev–Trinajstić information content (AvgIpc) is 2.65. The number of rotatable bonds is 13. The minimum absolute atomic E-state index is 0. The van der Waals surface area contributed by atoms with Crippen molar-refractivity contribution in [3.63, 3.8) is 0 Å². The Morgan fingerprint density at radius 1 is 0.931 bits per heavy atom. The van der Waals surface area contributed by atoms with Gasteiger partial charge < -0.3 is 5.32 Å². The Bertz CT molecular complexity index is 578. The predicted octanol–water partition coefficient (Wildman–Crippen LogP) is 8.09. The molecule has 0 saturated heterocycles. The molecular formula is C24H42ClNOPY+. The van der Waals surface area contributed by atoms with Gasteiger partial charge in [0, 0.05) is 50.7 Å². The summed E-state index contributed by atoms with van der Waals surface area (Å²) in [5.41, 5.74) is 3.22. The Kier molecular flexibility index (Phi) is 15.6. The molecule has 1 radical (unpaired) electrons. The van der Waals surface area contributed by atoms with E-state index in [-0.39, 0.29) is 44.3 Å². The fraction of sp³-hybridized carbons (Fsp3) is 0.708. The summed E-state index contributed by atoms with van der Waals surface area (Å²) in [5.74, 6) is 0.243. The molecule has 1 atom stereocenters. The predicted molar refractivity (Wildman–Crippen MR) is 130 cm³/mol. The van der Waals surface area contributed by atoms with Crippen molar-refractivity contribution < 1.29 is 37.5 Å². The largest absolute Gasteiger partial charge is 0.322 e. The smallest absolute Gasteiger partial charge is 0.265 e. The topological polar surface area (TPSA) is 29.1 Å². The zero-order chi connectivity index (χ0) is 21.2. The van der Waals surface area contributed by atoms with E-state index in [0.29, 0.717) is 0 Å². The first kappa shape index (κ1) is 29.5. The third-order valence-corrected chi connectivity index (χ3v) is 11.7. The molecule has 1 amide bonds. The van der Waals surface area contributed by atoms with Crippen molar-refractivity contribution in [3.8, 4) is 0 Å². The van der Waals surface area contributed by atoms with Crippen molar-refractivity contribution in [2.24, 2.45) is 0 Å². The van der Waals surface area contributed by atoms with Crippen LogP contribution in [0, 0.1) is 13.8 Å². The van der Waals surface area contributed by atoms with Crippen molar-refractivity contribution in [3.05, 3.63) is 28.3 Å². The van der Waals surface area contributed by atoms with Crippen LogP contribution >= 0.6 is 18.9 Å². The third kappa shape index (κ3) is 8.88. The molecule has 1 aromatic rings. The molecule has 2 nitrogen and oxygen atoms in total. The SMILES string of the molecule is CCCC[P+](CCCC)(CCCC)C(CC)C(=O)Nc1c(C)cc(Cl)cc1C.[Y]. The van der Waals surface area contributed by atoms with Gasteiger partial charge in [-0.05, 0) is 62.8 Å². The molecule has 1 rings (SSSR count). The van der Waals surface area contributed by atoms with Gasteiger partial charge in [0.25, 0.3) is 5.91 Å². The van der Waals surface area contributed by atoms with E-state index in [9.17, 15) is 4.79 Å². The van der Waals surface area contributed by atoms with Crippen LogP contribution in [0.15, 0.2) is 12.1 Å². The van der Waals surface area contributed by atoms with Crippen LogP contribution in [0.2, 0.25) is 5.02 Å². The Hall–Kier alpha value is 0.514. The minimum atomic E-state index is -1.33. The van der Waals surface area contributed by atoms with E-state index >= 15 is 0 Å². The fourth-order valence-electron chi connectivity index (χ4n) is 4.36. The molecule has 1 aromatic carbocycles. The molecule has 0 aliphatic rings. The maximum Gasteiger partial charge on any atom is 0.265 e. The molecule has 0 bridgehead atoms. The number of aryl methyl sites for hydroxylation is 2. The molecule has 0 aromatic heterocycles. The van der Waals surface area contributed by atoms with E-state index in [2.05, 4.69) is 33.0 Å². The van der Waals surface area contributed by atoms with Crippen LogP contribution in [0.5, 0.6) is 0 Å². The molecule has 29 heavy (non-hydrogen) atoms. The number of unbranched alkanes of at least 4 members (excludes halogenated alkanes) is 3. The number of hydrogen-bond donors (Lipinski definition) is 1. The number of nitrogens with one attached hydrogen (secondary N) is 1. The number of hydrogen-bond acceptors (Lipinski definition) is 1. The summed E-state index contributed by atoms with van der Waals surface area (Å²) in [4.78, 5) is 13.6. The van der Waals surface area contributed by atoms with E-state index in [4.69, 9.17) is 11.6 Å². The number of anilines is 1. The van der Waals surface area contributed by atoms with E-state index < -0.39 is 7.26 Å². The number of carbonyl (C=O) groups excluding carboxylic acids is 1. The number of benzene rings is 1. The molecule has 0 fully saturated rings. The standard InChI is InChI=1S/C24H41ClNOP.Y/c1-7-11-14-28(15-12-8-2,16-13-9-3)22(10-4)24(27)26-23-19(5)17-21(25)18-20(23)6;/h17-18,22H,7-16H2,1-6H3;/p+1. The van der Waals surface area contributed by atoms with Gasteiger partial charge in [-0.2, -0.15) is 0 Å². The Morgan fingerprint density at radius 2 is 1.34 bits per heavy atom. The van der Waals surface area contributed by atoms with Crippen LogP contribution in [-0.4, -0.2) is 30.1 Å². The molecule has 0 spiro atoms. The third-order valence-electron chi connectivity index (χ3n) is 5.97. The van der Waals surface area contributed by atoms with Gasteiger partial charge in [-0.3, -0.25) is 4.79 Å². The molecular weight excluding hydrogens is 474 g/mol. The summed E-state index contributed by atoms with van der Waals surface area (Å²) in [5, 5.41) is 4.05. The summed E-state index contributed by atoms with van der Waals surface area (Å²) in [7, 11) is -1.33. The zero-order valence-corrected chi connectivity index (χ0v) is 24.1. The van der Waals surface area contributed by atoms with Crippen molar-refractivity contribution in [2.45, 2.75) is 92.1 Å².